The number of allylic oxidation sites excluding steroid dienone is 2. The van der Waals surface area contributed by atoms with Crippen molar-refractivity contribution < 1.29 is 14.3 Å². The second kappa shape index (κ2) is 6.39. The lowest BCUT2D eigenvalue weighted by atomic mass is 9.79. The molecule has 1 unspecified atom stereocenters. The number of carbonyl (C=O) groups excluding carboxylic acids is 2. The van der Waals surface area contributed by atoms with Gasteiger partial charge in [-0.05, 0) is 25.8 Å². The molecule has 0 aromatic carbocycles. The Hall–Kier alpha value is -1.76. The minimum atomic E-state index is -0.674. The van der Waals surface area contributed by atoms with E-state index in [2.05, 4.69) is 17.2 Å². The van der Waals surface area contributed by atoms with Gasteiger partial charge in [0.1, 0.15) is 0 Å². The number of nitrogens with one attached hydrogen (secondary N) is 1. The highest BCUT2D eigenvalue weighted by Gasteiger charge is 2.36. The van der Waals surface area contributed by atoms with Crippen LogP contribution in [0, 0.1) is 5.92 Å². The van der Waals surface area contributed by atoms with Crippen LogP contribution in [0.5, 0.6) is 0 Å². The van der Waals surface area contributed by atoms with E-state index in [0.717, 1.165) is 24.3 Å². The van der Waals surface area contributed by atoms with Gasteiger partial charge in [0.15, 0.2) is 11.3 Å². The van der Waals surface area contributed by atoms with Crippen molar-refractivity contribution in [3.05, 3.63) is 23.9 Å². The molecule has 1 aliphatic carbocycles. The lowest BCUT2D eigenvalue weighted by molar-refractivity contribution is -0.147. The van der Waals surface area contributed by atoms with Crippen molar-refractivity contribution in [2.45, 2.75) is 44.2 Å². The van der Waals surface area contributed by atoms with Gasteiger partial charge in [0.2, 0.25) is 0 Å². The molecule has 6 nitrogen and oxygen atoms in total. The SMILES string of the molecule is C[C@@]1(C2C=C(NC(=O)[C@H]3CCC(=O)O3)C=CC2)CCSC(N)=N1. The van der Waals surface area contributed by atoms with E-state index in [1.807, 2.05) is 18.2 Å². The molecule has 7 heteroatoms. The van der Waals surface area contributed by atoms with Gasteiger partial charge in [-0.1, -0.05) is 23.9 Å². The molecule has 23 heavy (non-hydrogen) atoms. The molecule has 124 valence electrons. The molecular formula is C16H21N3O3S. The molecule has 3 atom stereocenters. The summed E-state index contributed by atoms with van der Waals surface area (Å²) in [7, 11) is 0. The molecule has 2 heterocycles. The van der Waals surface area contributed by atoms with Gasteiger partial charge in [0, 0.05) is 30.2 Å². The van der Waals surface area contributed by atoms with Crippen LogP contribution in [0.3, 0.4) is 0 Å². The minimum Gasteiger partial charge on any atom is -0.452 e. The van der Waals surface area contributed by atoms with Crippen molar-refractivity contribution in [3.63, 3.8) is 0 Å². The van der Waals surface area contributed by atoms with E-state index in [1.54, 1.807) is 11.8 Å². The summed E-state index contributed by atoms with van der Waals surface area (Å²) >= 11 is 1.58. The first-order valence-corrected chi connectivity index (χ1v) is 8.82. The topological polar surface area (TPSA) is 93.8 Å². The molecular weight excluding hydrogens is 314 g/mol. The highest BCUT2D eigenvalue weighted by molar-refractivity contribution is 8.13. The fourth-order valence-corrected chi connectivity index (χ4v) is 4.10. The van der Waals surface area contributed by atoms with E-state index in [4.69, 9.17) is 10.5 Å². The number of rotatable bonds is 3. The van der Waals surface area contributed by atoms with Crippen molar-refractivity contribution in [2.24, 2.45) is 16.6 Å². The zero-order valence-corrected chi connectivity index (χ0v) is 13.9. The first-order chi connectivity index (χ1) is 11.0. The number of carbonyl (C=O) groups is 2. The van der Waals surface area contributed by atoms with Crippen LogP contribution in [-0.2, 0) is 14.3 Å². The van der Waals surface area contributed by atoms with Crippen LogP contribution >= 0.6 is 11.8 Å². The van der Waals surface area contributed by atoms with Gasteiger partial charge in [-0.25, -0.2) is 0 Å². The Balaban J connectivity index is 1.69. The predicted octanol–water partition coefficient (Wildman–Crippen LogP) is 1.48. The summed E-state index contributed by atoms with van der Waals surface area (Å²) in [6, 6.07) is 0. The van der Waals surface area contributed by atoms with Gasteiger partial charge in [-0.15, -0.1) is 0 Å². The van der Waals surface area contributed by atoms with Gasteiger partial charge in [0.25, 0.3) is 5.91 Å². The van der Waals surface area contributed by atoms with Crippen molar-refractivity contribution in [3.8, 4) is 0 Å². The number of hydrogen-bond acceptors (Lipinski definition) is 6. The molecule has 0 aromatic rings. The van der Waals surface area contributed by atoms with Crippen LogP contribution < -0.4 is 11.1 Å². The number of esters is 1. The quantitative estimate of drug-likeness (QED) is 0.762. The summed E-state index contributed by atoms with van der Waals surface area (Å²) in [5.74, 6) is 0.570. The van der Waals surface area contributed by atoms with E-state index in [0.29, 0.717) is 18.0 Å². The van der Waals surface area contributed by atoms with Gasteiger partial charge < -0.3 is 15.8 Å². The van der Waals surface area contributed by atoms with Gasteiger partial charge in [-0.2, -0.15) is 0 Å². The molecule has 2 aliphatic heterocycles. The summed E-state index contributed by atoms with van der Waals surface area (Å²) in [6.45, 7) is 2.11. The van der Waals surface area contributed by atoms with Crippen LogP contribution in [0.25, 0.3) is 0 Å². The summed E-state index contributed by atoms with van der Waals surface area (Å²) in [5.41, 5.74) is 6.38. The molecule has 0 radical (unpaired) electrons. The van der Waals surface area contributed by atoms with Gasteiger partial charge in [0.05, 0.1) is 5.54 Å². The molecule has 0 saturated carbocycles. The number of aliphatic imine (C=N–C) groups is 1. The van der Waals surface area contributed by atoms with E-state index < -0.39 is 6.10 Å². The van der Waals surface area contributed by atoms with Crippen molar-refractivity contribution in [1.82, 2.24) is 5.32 Å². The van der Waals surface area contributed by atoms with E-state index in [1.165, 1.54) is 0 Å². The molecule has 0 spiro atoms. The second-order valence-electron chi connectivity index (χ2n) is 6.28. The number of nitrogens with zero attached hydrogens (tertiary/aromatic N) is 1. The average molecular weight is 335 g/mol. The smallest absolute Gasteiger partial charge is 0.306 e. The Kier molecular flexibility index (Phi) is 4.48. The Bertz CT molecular complexity index is 614. The lowest BCUT2D eigenvalue weighted by Gasteiger charge is -2.36. The third kappa shape index (κ3) is 3.60. The molecule has 0 aromatic heterocycles. The number of ether oxygens (including phenoxy) is 1. The maximum Gasteiger partial charge on any atom is 0.306 e. The molecule has 1 fully saturated rings. The zero-order valence-electron chi connectivity index (χ0n) is 13.1. The van der Waals surface area contributed by atoms with Crippen LogP contribution in [-0.4, -0.2) is 34.4 Å². The first-order valence-electron chi connectivity index (χ1n) is 7.83. The molecule has 3 rings (SSSR count). The van der Waals surface area contributed by atoms with Crippen molar-refractivity contribution in [2.75, 3.05) is 5.75 Å². The van der Waals surface area contributed by atoms with Crippen LogP contribution in [0.2, 0.25) is 0 Å². The monoisotopic (exact) mass is 335 g/mol. The molecule has 1 saturated heterocycles. The summed E-state index contributed by atoms with van der Waals surface area (Å²) < 4.78 is 5.00. The number of thioether (sulfide) groups is 1. The molecule has 1 amide bonds. The second-order valence-corrected chi connectivity index (χ2v) is 7.39. The predicted molar refractivity (Wildman–Crippen MR) is 89.7 cm³/mol. The minimum absolute atomic E-state index is 0.188. The fourth-order valence-electron chi connectivity index (χ4n) is 3.10. The molecule has 0 bridgehead atoms. The molecule has 3 N–H and O–H groups in total. The third-order valence-corrected chi connectivity index (χ3v) is 5.33. The highest BCUT2D eigenvalue weighted by Crippen LogP contribution is 2.37. The number of cyclic esters (lactones) is 1. The van der Waals surface area contributed by atoms with Crippen molar-refractivity contribution >= 4 is 28.8 Å². The van der Waals surface area contributed by atoms with Crippen LogP contribution in [0.1, 0.15) is 32.6 Å². The number of amidine groups is 1. The Morgan fingerprint density at radius 3 is 3.09 bits per heavy atom. The largest absolute Gasteiger partial charge is 0.452 e. The summed E-state index contributed by atoms with van der Waals surface area (Å²) in [5, 5.41) is 3.48. The van der Waals surface area contributed by atoms with Gasteiger partial charge >= 0.3 is 5.97 Å². The van der Waals surface area contributed by atoms with Crippen LogP contribution in [0.4, 0.5) is 0 Å². The van der Waals surface area contributed by atoms with Crippen molar-refractivity contribution in [1.29, 1.82) is 0 Å². The summed E-state index contributed by atoms with van der Waals surface area (Å²) in [4.78, 5) is 27.9. The normalized spacial score (nSPS) is 33.7. The van der Waals surface area contributed by atoms with E-state index >= 15 is 0 Å². The fraction of sp³-hybridized carbons (Fsp3) is 0.562. The maximum atomic E-state index is 12.2. The lowest BCUT2D eigenvalue weighted by Crippen LogP contribution is -2.39. The zero-order chi connectivity index (χ0) is 16.4. The van der Waals surface area contributed by atoms with E-state index in [-0.39, 0.29) is 23.3 Å². The average Bonchev–Trinajstić information content (AvgIpc) is 2.94. The maximum absolute atomic E-state index is 12.2. The van der Waals surface area contributed by atoms with E-state index in [9.17, 15) is 9.59 Å². The number of hydrogen-bond donors (Lipinski definition) is 2. The number of nitrogens with two attached hydrogens (primary N) is 1. The van der Waals surface area contributed by atoms with Gasteiger partial charge in [-0.3, -0.25) is 14.6 Å². The van der Waals surface area contributed by atoms with Crippen LogP contribution in [0.15, 0.2) is 28.9 Å². The standard InChI is InChI=1S/C16H21N3O3S/c1-16(7-8-23-15(17)19-16)10-3-2-4-11(9-10)18-14(21)12-5-6-13(20)22-12/h2,4,9-10,12H,3,5-8H2,1H3,(H2,17,19)(H,18,21)/t10?,12-,16+/m1/s1. The summed E-state index contributed by atoms with van der Waals surface area (Å²) in [6.07, 6.45) is 7.87. The third-order valence-electron chi connectivity index (χ3n) is 4.54. The first kappa shape index (κ1) is 16.1. The molecule has 3 aliphatic rings. The Labute approximate surface area is 139 Å². The Morgan fingerprint density at radius 2 is 2.39 bits per heavy atom. The Morgan fingerprint density at radius 1 is 1.57 bits per heavy atom. The number of amides is 1. The highest BCUT2D eigenvalue weighted by atomic mass is 32.2.